The number of nitrogens with two attached hydrogens (primary N) is 1. The van der Waals surface area contributed by atoms with Gasteiger partial charge in [-0.1, -0.05) is 35.9 Å². The van der Waals surface area contributed by atoms with Crippen molar-refractivity contribution in [2.45, 2.75) is 13.1 Å². The lowest BCUT2D eigenvalue weighted by Crippen LogP contribution is -2.17. The Morgan fingerprint density at radius 1 is 1.17 bits per heavy atom. The van der Waals surface area contributed by atoms with Gasteiger partial charge in [-0.25, -0.2) is 4.98 Å². The van der Waals surface area contributed by atoms with Gasteiger partial charge in [0.25, 0.3) is 0 Å². The highest BCUT2D eigenvalue weighted by atomic mass is 35.5. The van der Waals surface area contributed by atoms with Crippen LogP contribution in [0.25, 0.3) is 0 Å². The molecule has 0 spiro atoms. The third kappa shape index (κ3) is 3.45. The molecule has 0 saturated carbocycles. The fourth-order valence-electron chi connectivity index (χ4n) is 1.81. The first kappa shape index (κ1) is 12.9. The first-order valence-electron chi connectivity index (χ1n) is 5.77. The second kappa shape index (κ2) is 5.85. The molecule has 0 aliphatic carbocycles. The van der Waals surface area contributed by atoms with Gasteiger partial charge in [-0.15, -0.1) is 0 Å². The molecule has 18 heavy (non-hydrogen) atoms. The molecule has 4 heteroatoms. The van der Waals surface area contributed by atoms with Gasteiger partial charge in [0.15, 0.2) is 0 Å². The van der Waals surface area contributed by atoms with Gasteiger partial charge in [0.1, 0.15) is 5.82 Å². The van der Waals surface area contributed by atoms with E-state index in [-0.39, 0.29) is 0 Å². The Labute approximate surface area is 112 Å². The fraction of sp³-hybridized carbons (Fsp3) is 0.214. The van der Waals surface area contributed by atoms with Crippen LogP contribution in [0.4, 0.5) is 5.82 Å². The number of pyridine rings is 1. The molecule has 0 unspecified atom stereocenters. The van der Waals surface area contributed by atoms with Crippen LogP contribution in [0.3, 0.4) is 0 Å². The van der Waals surface area contributed by atoms with E-state index in [2.05, 4.69) is 16.9 Å². The molecular weight excluding hydrogens is 246 g/mol. The Bertz CT molecular complexity index is 511. The van der Waals surface area contributed by atoms with Crippen LogP contribution in [0.5, 0.6) is 0 Å². The first-order valence-corrected chi connectivity index (χ1v) is 6.15. The van der Waals surface area contributed by atoms with Crippen LogP contribution in [0, 0.1) is 0 Å². The van der Waals surface area contributed by atoms with E-state index in [0.717, 1.165) is 29.2 Å². The number of benzene rings is 1. The minimum atomic E-state index is 0.549. The highest BCUT2D eigenvalue weighted by molar-refractivity contribution is 6.31. The van der Waals surface area contributed by atoms with E-state index < -0.39 is 0 Å². The number of halogens is 1. The Kier molecular flexibility index (Phi) is 4.18. The topological polar surface area (TPSA) is 42.1 Å². The molecule has 0 aliphatic rings. The van der Waals surface area contributed by atoms with Crippen molar-refractivity contribution < 1.29 is 0 Å². The maximum Gasteiger partial charge on any atom is 0.123 e. The van der Waals surface area contributed by atoms with Crippen molar-refractivity contribution in [3.63, 3.8) is 0 Å². The quantitative estimate of drug-likeness (QED) is 0.920. The van der Waals surface area contributed by atoms with Crippen LogP contribution in [-0.4, -0.2) is 16.9 Å². The second-order valence-electron chi connectivity index (χ2n) is 4.36. The normalized spacial score (nSPS) is 10.8. The standard InChI is InChI=1S/C14H16ClN3/c1-18(9-11-6-7-14(16)17-8-11)10-12-4-2-3-5-13(12)15/h2-8H,9-10H2,1H3,(H2,16,17). The van der Waals surface area contributed by atoms with Gasteiger partial charge in [-0.05, 0) is 30.3 Å². The van der Waals surface area contributed by atoms with E-state index in [0.29, 0.717) is 5.82 Å². The van der Waals surface area contributed by atoms with Crippen molar-refractivity contribution >= 4 is 17.4 Å². The summed E-state index contributed by atoms with van der Waals surface area (Å²) < 4.78 is 0. The van der Waals surface area contributed by atoms with E-state index in [9.17, 15) is 0 Å². The van der Waals surface area contributed by atoms with Gasteiger partial charge in [-0.3, -0.25) is 4.90 Å². The molecule has 0 amide bonds. The number of rotatable bonds is 4. The number of anilines is 1. The fourth-order valence-corrected chi connectivity index (χ4v) is 2.01. The Balaban J connectivity index is 1.99. The van der Waals surface area contributed by atoms with Gasteiger partial charge in [0.05, 0.1) is 0 Å². The molecule has 2 rings (SSSR count). The predicted octanol–water partition coefficient (Wildman–Crippen LogP) is 2.95. The SMILES string of the molecule is CN(Cc1ccc(N)nc1)Cc1ccccc1Cl. The summed E-state index contributed by atoms with van der Waals surface area (Å²) in [6.07, 6.45) is 1.80. The summed E-state index contributed by atoms with van der Waals surface area (Å²) in [5, 5.41) is 0.805. The van der Waals surface area contributed by atoms with Crippen LogP contribution in [0.1, 0.15) is 11.1 Å². The van der Waals surface area contributed by atoms with Gasteiger partial charge in [-0.2, -0.15) is 0 Å². The van der Waals surface area contributed by atoms with E-state index in [1.54, 1.807) is 6.20 Å². The van der Waals surface area contributed by atoms with E-state index in [1.165, 1.54) is 0 Å². The van der Waals surface area contributed by atoms with E-state index in [1.807, 2.05) is 36.4 Å². The Morgan fingerprint density at radius 3 is 2.61 bits per heavy atom. The molecule has 94 valence electrons. The molecule has 3 nitrogen and oxygen atoms in total. The summed E-state index contributed by atoms with van der Waals surface area (Å²) in [4.78, 5) is 6.27. The maximum atomic E-state index is 6.14. The third-order valence-electron chi connectivity index (χ3n) is 2.70. The van der Waals surface area contributed by atoms with Gasteiger partial charge in [0, 0.05) is 24.3 Å². The smallest absolute Gasteiger partial charge is 0.123 e. The van der Waals surface area contributed by atoms with Gasteiger partial charge in [0.2, 0.25) is 0 Å². The van der Waals surface area contributed by atoms with Crippen LogP contribution < -0.4 is 5.73 Å². The summed E-state index contributed by atoms with van der Waals surface area (Å²) in [6.45, 7) is 1.63. The predicted molar refractivity (Wildman–Crippen MR) is 75.3 cm³/mol. The number of nitrogen functional groups attached to an aromatic ring is 1. The lowest BCUT2D eigenvalue weighted by atomic mass is 10.2. The summed E-state index contributed by atoms with van der Waals surface area (Å²) in [5.74, 6) is 0.549. The second-order valence-corrected chi connectivity index (χ2v) is 4.76. The van der Waals surface area contributed by atoms with Crippen molar-refractivity contribution in [3.05, 3.63) is 58.7 Å². The van der Waals surface area contributed by atoms with E-state index >= 15 is 0 Å². The van der Waals surface area contributed by atoms with Crippen LogP contribution in [-0.2, 0) is 13.1 Å². The van der Waals surface area contributed by atoms with Gasteiger partial charge < -0.3 is 5.73 Å². The molecule has 1 aromatic carbocycles. The summed E-state index contributed by atoms with van der Waals surface area (Å²) in [5.41, 5.74) is 7.83. The number of hydrogen-bond acceptors (Lipinski definition) is 3. The lowest BCUT2D eigenvalue weighted by Gasteiger charge is -2.17. The average Bonchev–Trinajstić information content (AvgIpc) is 2.35. The first-order chi connectivity index (χ1) is 8.65. The summed E-state index contributed by atoms with van der Waals surface area (Å²) in [6, 6.07) is 11.7. The molecule has 0 atom stereocenters. The van der Waals surface area contributed by atoms with Crippen LogP contribution in [0.15, 0.2) is 42.6 Å². The lowest BCUT2D eigenvalue weighted by molar-refractivity contribution is 0.319. The number of nitrogens with zero attached hydrogens (tertiary/aromatic N) is 2. The highest BCUT2D eigenvalue weighted by Gasteiger charge is 2.04. The van der Waals surface area contributed by atoms with Crippen molar-refractivity contribution in [2.24, 2.45) is 0 Å². The molecule has 2 N–H and O–H groups in total. The zero-order valence-corrected chi connectivity index (χ0v) is 11.1. The zero-order valence-electron chi connectivity index (χ0n) is 10.3. The molecule has 0 fully saturated rings. The van der Waals surface area contributed by atoms with Crippen molar-refractivity contribution in [2.75, 3.05) is 12.8 Å². The van der Waals surface area contributed by atoms with Gasteiger partial charge >= 0.3 is 0 Å². The molecular formula is C14H16ClN3. The van der Waals surface area contributed by atoms with Crippen molar-refractivity contribution in [3.8, 4) is 0 Å². The zero-order chi connectivity index (χ0) is 13.0. The van der Waals surface area contributed by atoms with Crippen molar-refractivity contribution in [1.29, 1.82) is 0 Å². The van der Waals surface area contributed by atoms with Crippen LogP contribution >= 0.6 is 11.6 Å². The summed E-state index contributed by atoms with van der Waals surface area (Å²) >= 11 is 6.14. The van der Waals surface area contributed by atoms with Crippen molar-refractivity contribution in [1.82, 2.24) is 9.88 Å². The Hall–Kier alpha value is -1.58. The molecule has 1 heterocycles. The minimum absolute atomic E-state index is 0.549. The monoisotopic (exact) mass is 261 g/mol. The van der Waals surface area contributed by atoms with Crippen LogP contribution in [0.2, 0.25) is 5.02 Å². The average molecular weight is 262 g/mol. The molecule has 2 aromatic rings. The largest absolute Gasteiger partial charge is 0.384 e. The molecule has 0 aliphatic heterocycles. The molecule has 1 aromatic heterocycles. The number of aromatic nitrogens is 1. The highest BCUT2D eigenvalue weighted by Crippen LogP contribution is 2.17. The molecule has 0 radical (unpaired) electrons. The molecule has 0 saturated heterocycles. The minimum Gasteiger partial charge on any atom is -0.384 e. The van der Waals surface area contributed by atoms with E-state index in [4.69, 9.17) is 17.3 Å². The maximum absolute atomic E-state index is 6.14. The number of hydrogen-bond donors (Lipinski definition) is 1. The Morgan fingerprint density at radius 2 is 1.94 bits per heavy atom. The molecule has 0 bridgehead atoms. The summed E-state index contributed by atoms with van der Waals surface area (Å²) in [7, 11) is 2.06. The third-order valence-corrected chi connectivity index (χ3v) is 3.07.